The molecule has 2 aliphatic heterocycles. The van der Waals surface area contributed by atoms with E-state index in [0.717, 1.165) is 62.1 Å². The molecule has 3 aromatic carbocycles. The van der Waals surface area contributed by atoms with Crippen LogP contribution in [0, 0.1) is 5.92 Å². The van der Waals surface area contributed by atoms with Gasteiger partial charge in [0.05, 0.1) is 38.1 Å². The van der Waals surface area contributed by atoms with E-state index in [0.29, 0.717) is 37.4 Å². The second-order valence-electron chi connectivity index (χ2n) is 14.4. The summed E-state index contributed by atoms with van der Waals surface area (Å²) in [5.74, 6) is 1.45. The summed E-state index contributed by atoms with van der Waals surface area (Å²) in [5.41, 5.74) is 3.13. The number of esters is 1. The molecular weight excluding hydrogens is 684 g/mol. The Morgan fingerprint density at radius 2 is 1.63 bits per heavy atom. The lowest BCUT2D eigenvalue weighted by atomic mass is 9.76. The minimum atomic E-state index is -0.391. The van der Waals surface area contributed by atoms with Gasteiger partial charge in [-0.15, -0.1) is 0 Å². The number of fused-ring (bicyclic) bond motifs is 1. The number of Topliss-reactive ketones (excluding diaryl/α,β-unsaturated/α-hetero) is 1. The third-order valence-electron chi connectivity index (χ3n) is 11.0. The molecule has 0 saturated carbocycles. The molecule has 0 N–H and O–H groups in total. The molecule has 2 aromatic heterocycles. The second kappa shape index (κ2) is 16.3. The summed E-state index contributed by atoms with van der Waals surface area (Å²) in [6, 6.07) is 25.4. The van der Waals surface area contributed by atoms with Gasteiger partial charge in [0.25, 0.3) is 5.91 Å². The number of para-hydroxylation sites is 2. The summed E-state index contributed by atoms with van der Waals surface area (Å²) in [7, 11) is 2.96. The predicted octanol–water partition coefficient (Wildman–Crippen LogP) is 7.17. The quantitative estimate of drug-likeness (QED) is 0.0666. The first kappa shape index (κ1) is 36.9. The standard InChI is InChI=1S/C43H48N4O7/c1-4-11-38(48)54-40-36(51-2)26-31(27-37(40)52-3)42(50)46-24-20-43(29-46,32-12-6-5-7-13-32)19-23-45-21-17-30(18-22-45)39(49)41-44-34-15-8-9-16-35(34)47(41)28-33-14-10-25-53-33/h5-10,12-16,25-27,30H,4,11,17-24,28-29H2,1-3H3. The zero-order valence-electron chi connectivity index (χ0n) is 31.3. The Balaban J connectivity index is 1.03. The van der Waals surface area contributed by atoms with Gasteiger partial charge in [-0.25, -0.2) is 4.98 Å². The van der Waals surface area contributed by atoms with Gasteiger partial charge in [0, 0.05) is 36.4 Å². The number of hydrogen-bond donors (Lipinski definition) is 0. The normalized spacial score (nSPS) is 17.9. The molecule has 1 atom stereocenters. The number of ketones is 1. The zero-order chi connectivity index (χ0) is 37.7. The van der Waals surface area contributed by atoms with Crippen LogP contribution in [0.4, 0.5) is 0 Å². The first-order valence-electron chi connectivity index (χ1n) is 18.9. The number of benzene rings is 3. The van der Waals surface area contributed by atoms with Crippen molar-refractivity contribution in [2.45, 2.75) is 57.4 Å². The fourth-order valence-electron chi connectivity index (χ4n) is 8.03. The number of hydrogen-bond acceptors (Lipinski definition) is 9. The summed E-state index contributed by atoms with van der Waals surface area (Å²) in [5, 5.41) is 0. The highest BCUT2D eigenvalue weighted by Crippen LogP contribution is 2.42. The van der Waals surface area contributed by atoms with Crippen molar-refractivity contribution in [1.29, 1.82) is 0 Å². The van der Waals surface area contributed by atoms with Gasteiger partial charge < -0.3 is 33.0 Å². The maximum atomic E-state index is 14.1. The van der Waals surface area contributed by atoms with Gasteiger partial charge in [-0.2, -0.15) is 0 Å². The number of furan rings is 1. The van der Waals surface area contributed by atoms with Crippen molar-refractivity contribution in [3.8, 4) is 17.2 Å². The van der Waals surface area contributed by atoms with Crippen LogP contribution in [0.5, 0.6) is 17.2 Å². The van der Waals surface area contributed by atoms with Crippen LogP contribution in [-0.2, 0) is 16.8 Å². The van der Waals surface area contributed by atoms with Crippen LogP contribution in [0.25, 0.3) is 11.0 Å². The van der Waals surface area contributed by atoms with E-state index in [-0.39, 0.29) is 46.7 Å². The summed E-state index contributed by atoms with van der Waals surface area (Å²) in [4.78, 5) is 49.6. The van der Waals surface area contributed by atoms with Gasteiger partial charge in [0.2, 0.25) is 11.5 Å². The van der Waals surface area contributed by atoms with Gasteiger partial charge in [0.15, 0.2) is 17.3 Å². The summed E-state index contributed by atoms with van der Waals surface area (Å²) < 4.78 is 24.3. The third kappa shape index (κ3) is 7.64. The molecule has 7 rings (SSSR count). The lowest BCUT2D eigenvalue weighted by Crippen LogP contribution is -2.41. The van der Waals surface area contributed by atoms with Gasteiger partial charge in [-0.05, 0) is 93.7 Å². The van der Waals surface area contributed by atoms with Crippen LogP contribution >= 0.6 is 0 Å². The number of methoxy groups -OCH3 is 2. The molecule has 11 nitrogen and oxygen atoms in total. The van der Waals surface area contributed by atoms with Gasteiger partial charge in [-0.1, -0.05) is 49.4 Å². The van der Waals surface area contributed by atoms with E-state index in [1.165, 1.54) is 19.8 Å². The highest BCUT2D eigenvalue weighted by molar-refractivity contribution is 5.98. The smallest absolute Gasteiger partial charge is 0.311 e. The summed E-state index contributed by atoms with van der Waals surface area (Å²) in [6.07, 6.45) is 5.78. The summed E-state index contributed by atoms with van der Waals surface area (Å²) in [6.45, 7) is 6.01. The van der Waals surface area contributed by atoms with Crippen molar-refractivity contribution in [2.24, 2.45) is 5.92 Å². The number of amides is 1. The number of nitrogens with zero attached hydrogens (tertiary/aromatic N) is 4. The van der Waals surface area contributed by atoms with Crippen molar-refractivity contribution >= 4 is 28.7 Å². The number of imidazole rings is 1. The summed E-state index contributed by atoms with van der Waals surface area (Å²) >= 11 is 0. The fraction of sp³-hybridized carbons (Fsp3) is 0.395. The van der Waals surface area contributed by atoms with Crippen LogP contribution < -0.4 is 14.2 Å². The Labute approximate surface area is 315 Å². The monoisotopic (exact) mass is 732 g/mol. The van der Waals surface area contributed by atoms with Crippen LogP contribution in [0.1, 0.15) is 77.7 Å². The van der Waals surface area contributed by atoms with Gasteiger partial charge in [-0.3, -0.25) is 14.4 Å². The van der Waals surface area contributed by atoms with Gasteiger partial charge >= 0.3 is 5.97 Å². The molecule has 0 radical (unpaired) electrons. The van der Waals surface area contributed by atoms with E-state index in [2.05, 4.69) is 29.2 Å². The first-order chi connectivity index (χ1) is 26.3. The Morgan fingerprint density at radius 1 is 0.907 bits per heavy atom. The van der Waals surface area contributed by atoms with E-state index in [1.807, 2.05) is 58.9 Å². The number of piperidine rings is 1. The number of carbonyl (C=O) groups is 3. The largest absolute Gasteiger partial charge is 0.493 e. The molecule has 5 aromatic rings. The van der Waals surface area contributed by atoms with E-state index in [1.54, 1.807) is 18.4 Å². The minimum absolute atomic E-state index is 0.0866. The van der Waals surface area contributed by atoms with E-state index < -0.39 is 5.97 Å². The molecule has 4 heterocycles. The van der Waals surface area contributed by atoms with Crippen LogP contribution in [0.15, 0.2) is 89.5 Å². The second-order valence-corrected chi connectivity index (χ2v) is 14.4. The average molecular weight is 733 g/mol. The maximum Gasteiger partial charge on any atom is 0.311 e. The number of ether oxygens (including phenoxy) is 3. The molecule has 1 amide bonds. The lowest BCUT2D eigenvalue weighted by molar-refractivity contribution is -0.134. The molecule has 0 bridgehead atoms. The van der Waals surface area contributed by atoms with E-state index in [9.17, 15) is 14.4 Å². The predicted molar refractivity (Wildman–Crippen MR) is 204 cm³/mol. The fourth-order valence-corrected chi connectivity index (χ4v) is 8.03. The molecule has 11 heteroatoms. The van der Waals surface area contributed by atoms with E-state index >= 15 is 0 Å². The molecule has 2 aliphatic rings. The lowest BCUT2D eigenvalue weighted by Gasteiger charge is -2.36. The van der Waals surface area contributed by atoms with Crippen LogP contribution in [0.2, 0.25) is 0 Å². The molecule has 2 fully saturated rings. The Morgan fingerprint density at radius 3 is 2.31 bits per heavy atom. The highest BCUT2D eigenvalue weighted by Gasteiger charge is 2.42. The SMILES string of the molecule is CCCC(=O)Oc1c(OC)cc(C(=O)N2CCC(CCN3CCC(C(=O)c4nc5ccccc5n4Cc4ccco4)CC3)(c3ccccc3)C2)cc1OC. The van der Waals surface area contributed by atoms with Gasteiger partial charge in [0.1, 0.15) is 5.76 Å². The van der Waals surface area contributed by atoms with Crippen molar-refractivity contribution in [3.05, 3.63) is 108 Å². The maximum absolute atomic E-state index is 14.1. The number of aromatic nitrogens is 2. The molecule has 54 heavy (non-hydrogen) atoms. The topological polar surface area (TPSA) is 116 Å². The molecule has 1 unspecified atom stereocenters. The number of likely N-dealkylation sites (tertiary alicyclic amines) is 2. The molecule has 2 saturated heterocycles. The minimum Gasteiger partial charge on any atom is -0.493 e. The Hall–Kier alpha value is -5.42. The molecule has 0 aliphatic carbocycles. The van der Waals surface area contributed by atoms with Crippen molar-refractivity contribution in [3.63, 3.8) is 0 Å². The zero-order valence-corrected chi connectivity index (χ0v) is 31.3. The van der Waals surface area contributed by atoms with Crippen LogP contribution in [0.3, 0.4) is 0 Å². The average Bonchev–Trinajstić information content (AvgIpc) is 3.98. The Bertz CT molecular complexity index is 2060. The number of rotatable bonds is 14. The Kier molecular flexibility index (Phi) is 11.1. The highest BCUT2D eigenvalue weighted by atomic mass is 16.6. The molecule has 282 valence electrons. The first-order valence-corrected chi connectivity index (χ1v) is 18.9. The molecular formula is C43H48N4O7. The van der Waals surface area contributed by atoms with Crippen molar-refractivity contribution in [2.75, 3.05) is 46.9 Å². The number of carbonyl (C=O) groups excluding carboxylic acids is 3. The van der Waals surface area contributed by atoms with Crippen molar-refractivity contribution < 1.29 is 33.0 Å². The van der Waals surface area contributed by atoms with Crippen molar-refractivity contribution in [1.82, 2.24) is 19.4 Å². The van der Waals surface area contributed by atoms with E-state index in [4.69, 9.17) is 23.6 Å². The third-order valence-corrected chi connectivity index (χ3v) is 11.0. The van der Waals surface area contributed by atoms with Crippen LogP contribution in [-0.4, -0.2) is 84.0 Å². The molecule has 0 spiro atoms.